The Morgan fingerprint density at radius 3 is 2.76 bits per heavy atom. The van der Waals surface area contributed by atoms with Crippen LogP contribution in [-0.4, -0.2) is 44.8 Å². The van der Waals surface area contributed by atoms with Crippen molar-refractivity contribution in [3.05, 3.63) is 28.7 Å². The Kier molecular flexibility index (Phi) is 5.03. The molecule has 1 aliphatic carbocycles. The van der Waals surface area contributed by atoms with E-state index in [0.29, 0.717) is 35.0 Å². The van der Waals surface area contributed by atoms with Gasteiger partial charge in [0.05, 0.1) is 28.1 Å². The predicted octanol–water partition coefficient (Wildman–Crippen LogP) is 1.18. The molecule has 2 aromatic heterocycles. The van der Waals surface area contributed by atoms with Gasteiger partial charge in [-0.25, -0.2) is 4.98 Å². The minimum atomic E-state index is -0.547. The van der Waals surface area contributed by atoms with Crippen molar-refractivity contribution < 1.29 is 10.2 Å². The quantitative estimate of drug-likeness (QED) is 0.478. The highest BCUT2D eigenvalue weighted by atomic mass is 32.1. The van der Waals surface area contributed by atoms with Crippen LogP contribution in [0.1, 0.15) is 30.5 Å². The highest BCUT2D eigenvalue weighted by Gasteiger charge is 2.32. The molecule has 0 bridgehead atoms. The van der Waals surface area contributed by atoms with E-state index in [-0.39, 0.29) is 18.6 Å². The van der Waals surface area contributed by atoms with Crippen LogP contribution >= 0.6 is 11.3 Å². The van der Waals surface area contributed by atoms with E-state index in [9.17, 15) is 10.2 Å². The minimum absolute atomic E-state index is 0.0458. The van der Waals surface area contributed by atoms with E-state index in [0.717, 1.165) is 15.9 Å². The van der Waals surface area contributed by atoms with Crippen LogP contribution in [0.4, 0.5) is 0 Å². The number of hydrogen-bond acceptors (Lipinski definition) is 7. The number of allylic oxidation sites excluding steroid dienone is 1. The van der Waals surface area contributed by atoms with Crippen LogP contribution in [0, 0.1) is 12.8 Å². The summed E-state index contributed by atoms with van der Waals surface area (Å²) < 4.78 is 1.02. The molecule has 0 unspecified atom stereocenters. The van der Waals surface area contributed by atoms with Crippen molar-refractivity contribution in [1.82, 2.24) is 9.97 Å². The zero-order valence-corrected chi connectivity index (χ0v) is 15.1. The van der Waals surface area contributed by atoms with Crippen LogP contribution in [0.3, 0.4) is 0 Å². The predicted molar refractivity (Wildman–Crippen MR) is 100 cm³/mol. The largest absolute Gasteiger partial charge is 0.402 e. The number of pyridine rings is 1. The summed E-state index contributed by atoms with van der Waals surface area (Å²) in [7, 11) is 0. The lowest BCUT2D eigenvalue weighted by molar-refractivity contribution is 0.0908. The molecule has 0 aromatic carbocycles. The van der Waals surface area contributed by atoms with Gasteiger partial charge in [0.1, 0.15) is 16.4 Å². The van der Waals surface area contributed by atoms with Crippen molar-refractivity contribution in [2.24, 2.45) is 22.4 Å². The monoisotopic (exact) mass is 361 g/mol. The van der Waals surface area contributed by atoms with Gasteiger partial charge >= 0.3 is 0 Å². The number of thiazole rings is 1. The molecule has 25 heavy (non-hydrogen) atoms. The number of nitrogens with zero attached hydrogens (tertiary/aromatic N) is 3. The van der Waals surface area contributed by atoms with E-state index in [4.69, 9.17) is 11.5 Å². The number of aryl methyl sites for hydroxylation is 1. The Hall–Kier alpha value is -2.03. The molecule has 134 valence electrons. The number of aromatic nitrogens is 2. The second kappa shape index (κ2) is 7.07. The molecular weight excluding hydrogens is 338 g/mol. The number of aliphatic imine (C=N–C) groups is 1. The van der Waals surface area contributed by atoms with Gasteiger partial charge in [-0.2, -0.15) is 0 Å². The summed E-state index contributed by atoms with van der Waals surface area (Å²) in [4.78, 5) is 13.5. The lowest BCUT2D eigenvalue weighted by Crippen LogP contribution is -2.20. The molecule has 1 fully saturated rings. The fourth-order valence-electron chi connectivity index (χ4n) is 3.21. The van der Waals surface area contributed by atoms with Gasteiger partial charge < -0.3 is 21.7 Å². The first-order valence-electron chi connectivity index (χ1n) is 8.22. The second-order valence-corrected chi connectivity index (χ2v) is 7.50. The Labute approximate surface area is 150 Å². The van der Waals surface area contributed by atoms with Gasteiger partial charge in [0.25, 0.3) is 0 Å². The smallest absolute Gasteiger partial charge is 0.130 e. The van der Waals surface area contributed by atoms with E-state index in [1.54, 1.807) is 13.1 Å². The summed E-state index contributed by atoms with van der Waals surface area (Å²) in [6, 6.07) is 1.79. The standard InChI is InChI=1S/C17H23N5O2S/c1-8(18)14(16(19)21-11-5-10(7-23)12(24)6-11)17-22-15-9(2)20-4-3-13(15)25-17/h3-4,10-12,23-24H,5-7,18H2,1-2H3,(H2,19,21)/b14-8+/t10-,11-,12+/m1/s1. The molecule has 2 aromatic rings. The van der Waals surface area contributed by atoms with Crippen LogP contribution < -0.4 is 11.5 Å². The Morgan fingerprint density at radius 2 is 2.16 bits per heavy atom. The highest BCUT2D eigenvalue weighted by molar-refractivity contribution is 7.19. The first-order valence-corrected chi connectivity index (χ1v) is 9.03. The SMILES string of the molecule is C/C(N)=C(/C(N)=N[C@@H]1C[C@H](CO)[C@@H](O)C1)c1nc2c(C)nccc2s1. The van der Waals surface area contributed by atoms with Crippen molar-refractivity contribution in [3.8, 4) is 0 Å². The molecule has 1 aliphatic rings. The maximum atomic E-state index is 9.94. The molecular formula is C17H23N5O2S. The van der Waals surface area contributed by atoms with Crippen molar-refractivity contribution in [1.29, 1.82) is 0 Å². The second-order valence-electron chi connectivity index (χ2n) is 6.47. The van der Waals surface area contributed by atoms with E-state index in [1.807, 2.05) is 13.0 Å². The summed E-state index contributed by atoms with van der Waals surface area (Å²) in [5.74, 6) is 0.171. The van der Waals surface area contributed by atoms with Crippen LogP contribution in [0.15, 0.2) is 23.0 Å². The molecule has 8 heteroatoms. The van der Waals surface area contributed by atoms with Crippen LogP contribution in [0.5, 0.6) is 0 Å². The van der Waals surface area contributed by atoms with E-state index >= 15 is 0 Å². The fraction of sp³-hybridized carbons (Fsp3) is 0.471. The summed E-state index contributed by atoms with van der Waals surface area (Å²) in [6.45, 7) is 3.64. The topological polar surface area (TPSA) is 131 Å². The van der Waals surface area contributed by atoms with Crippen LogP contribution in [0.25, 0.3) is 15.8 Å². The van der Waals surface area contributed by atoms with E-state index in [2.05, 4.69) is 15.0 Å². The van der Waals surface area contributed by atoms with Crippen LogP contribution in [-0.2, 0) is 0 Å². The van der Waals surface area contributed by atoms with Crippen LogP contribution in [0.2, 0.25) is 0 Å². The Morgan fingerprint density at radius 1 is 1.40 bits per heavy atom. The fourth-order valence-corrected chi connectivity index (χ4v) is 4.34. The molecule has 0 saturated heterocycles. The number of aliphatic hydroxyl groups excluding tert-OH is 2. The first kappa shape index (κ1) is 17.8. The maximum absolute atomic E-state index is 9.94. The van der Waals surface area contributed by atoms with Crippen molar-refractivity contribution >= 4 is 33.0 Å². The average molecular weight is 361 g/mol. The summed E-state index contributed by atoms with van der Waals surface area (Å²) in [5, 5.41) is 19.9. The third-order valence-corrected chi connectivity index (χ3v) is 5.58. The number of amidine groups is 1. The first-order chi connectivity index (χ1) is 11.9. The van der Waals surface area contributed by atoms with Crippen molar-refractivity contribution in [2.45, 2.75) is 38.8 Å². The Balaban J connectivity index is 1.95. The zero-order chi connectivity index (χ0) is 18.1. The van der Waals surface area contributed by atoms with Gasteiger partial charge in [0.15, 0.2) is 0 Å². The average Bonchev–Trinajstić information content (AvgIpc) is 3.11. The lowest BCUT2D eigenvalue weighted by atomic mass is 10.1. The van der Waals surface area contributed by atoms with Gasteiger partial charge in [0, 0.05) is 24.4 Å². The van der Waals surface area contributed by atoms with E-state index in [1.165, 1.54) is 11.3 Å². The zero-order valence-electron chi connectivity index (χ0n) is 14.3. The maximum Gasteiger partial charge on any atom is 0.130 e. The number of aliphatic hydroxyl groups is 2. The molecule has 3 rings (SSSR count). The molecule has 0 radical (unpaired) electrons. The lowest BCUT2D eigenvalue weighted by Gasteiger charge is -2.10. The van der Waals surface area contributed by atoms with E-state index < -0.39 is 6.10 Å². The molecule has 7 nitrogen and oxygen atoms in total. The Bertz CT molecular complexity index is 841. The number of rotatable bonds is 4. The minimum Gasteiger partial charge on any atom is -0.402 e. The number of hydrogen-bond donors (Lipinski definition) is 4. The molecule has 2 heterocycles. The van der Waals surface area contributed by atoms with Gasteiger partial charge in [-0.15, -0.1) is 11.3 Å². The van der Waals surface area contributed by atoms with Gasteiger partial charge in [-0.1, -0.05) is 0 Å². The molecule has 3 atom stereocenters. The highest BCUT2D eigenvalue weighted by Crippen LogP contribution is 2.31. The van der Waals surface area contributed by atoms with Gasteiger partial charge in [-0.3, -0.25) is 9.98 Å². The van der Waals surface area contributed by atoms with Gasteiger partial charge in [-0.05, 0) is 32.8 Å². The molecule has 0 aliphatic heterocycles. The molecule has 0 spiro atoms. The van der Waals surface area contributed by atoms with Gasteiger partial charge in [0.2, 0.25) is 0 Å². The van der Waals surface area contributed by atoms with Crippen molar-refractivity contribution in [3.63, 3.8) is 0 Å². The normalized spacial score (nSPS) is 25.4. The number of nitrogens with two attached hydrogens (primary N) is 2. The molecule has 0 amide bonds. The summed E-state index contributed by atoms with van der Waals surface area (Å²) in [6.07, 6.45) is 2.31. The molecule has 6 N–H and O–H groups in total. The third kappa shape index (κ3) is 3.51. The molecule has 1 saturated carbocycles. The summed E-state index contributed by atoms with van der Waals surface area (Å²) >= 11 is 1.50. The summed E-state index contributed by atoms with van der Waals surface area (Å²) in [5.41, 5.74) is 15.2. The third-order valence-electron chi connectivity index (χ3n) is 4.54. The number of fused-ring (bicyclic) bond motifs is 1. The van der Waals surface area contributed by atoms with Crippen molar-refractivity contribution in [2.75, 3.05) is 6.61 Å².